The van der Waals surface area contributed by atoms with Crippen LogP contribution in [0.15, 0.2) is 30.3 Å². The van der Waals surface area contributed by atoms with E-state index < -0.39 is 0 Å². The number of aromatic nitrogens is 1. The average Bonchev–Trinajstić information content (AvgIpc) is 2.80. The Balaban J connectivity index is 2.30. The lowest BCUT2D eigenvalue weighted by Gasteiger charge is -2.07. The first-order chi connectivity index (χ1) is 8.70. The number of hydrogen-bond donors (Lipinski definition) is 1. The topological polar surface area (TPSA) is 24.9 Å². The zero-order valence-electron chi connectivity index (χ0n) is 11.2. The number of rotatable bonds is 5. The fourth-order valence-electron chi connectivity index (χ4n) is 1.79. The van der Waals surface area contributed by atoms with E-state index in [4.69, 9.17) is 4.98 Å². The van der Waals surface area contributed by atoms with E-state index in [0.717, 1.165) is 13.0 Å². The Hall–Kier alpha value is -1.19. The van der Waals surface area contributed by atoms with E-state index in [9.17, 15) is 0 Å². The molecule has 1 aromatic carbocycles. The average molecular weight is 260 g/mol. The summed E-state index contributed by atoms with van der Waals surface area (Å²) in [5.41, 5.74) is 2.45. The first-order valence-corrected chi connectivity index (χ1v) is 7.29. The third-order valence-corrected chi connectivity index (χ3v) is 4.05. The highest BCUT2D eigenvalue weighted by atomic mass is 32.1. The molecule has 2 aromatic rings. The SMILES string of the molecule is CCc1nc(CNC(C)C)c(-c2ccccc2)s1. The number of benzene rings is 1. The second kappa shape index (κ2) is 6.12. The summed E-state index contributed by atoms with van der Waals surface area (Å²) in [6.07, 6.45) is 1.01. The van der Waals surface area contributed by atoms with Crippen LogP contribution in [-0.2, 0) is 13.0 Å². The fourth-order valence-corrected chi connectivity index (χ4v) is 2.81. The molecule has 0 saturated carbocycles. The summed E-state index contributed by atoms with van der Waals surface area (Å²) in [5, 5.41) is 4.67. The van der Waals surface area contributed by atoms with Crippen molar-refractivity contribution < 1.29 is 0 Å². The van der Waals surface area contributed by atoms with Gasteiger partial charge < -0.3 is 5.32 Å². The van der Waals surface area contributed by atoms with Gasteiger partial charge in [-0.3, -0.25) is 0 Å². The van der Waals surface area contributed by atoms with E-state index in [1.165, 1.54) is 21.1 Å². The third-order valence-electron chi connectivity index (χ3n) is 2.76. The number of hydrogen-bond acceptors (Lipinski definition) is 3. The van der Waals surface area contributed by atoms with Crippen molar-refractivity contribution in [3.63, 3.8) is 0 Å². The summed E-state index contributed by atoms with van der Waals surface area (Å²) in [5.74, 6) is 0. The highest BCUT2D eigenvalue weighted by molar-refractivity contribution is 7.15. The van der Waals surface area contributed by atoms with Crippen LogP contribution in [0, 0.1) is 0 Å². The molecule has 1 aromatic heterocycles. The lowest BCUT2D eigenvalue weighted by atomic mass is 10.1. The number of aryl methyl sites for hydroxylation is 1. The van der Waals surface area contributed by atoms with Crippen LogP contribution in [-0.4, -0.2) is 11.0 Å². The molecule has 96 valence electrons. The van der Waals surface area contributed by atoms with Crippen LogP contribution in [0.5, 0.6) is 0 Å². The molecule has 0 aliphatic carbocycles. The maximum atomic E-state index is 4.73. The minimum atomic E-state index is 0.486. The van der Waals surface area contributed by atoms with Crippen LogP contribution < -0.4 is 5.32 Å². The molecule has 0 spiro atoms. The van der Waals surface area contributed by atoms with Crippen molar-refractivity contribution in [2.45, 2.75) is 39.8 Å². The molecule has 2 rings (SSSR count). The van der Waals surface area contributed by atoms with Gasteiger partial charge in [0, 0.05) is 12.6 Å². The van der Waals surface area contributed by atoms with Crippen LogP contribution in [0.4, 0.5) is 0 Å². The predicted molar refractivity (Wildman–Crippen MR) is 78.9 cm³/mol. The maximum absolute atomic E-state index is 4.73. The Labute approximate surface area is 113 Å². The van der Waals surface area contributed by atoms with Crippen LogP contribution in [0.1, 0.15) is 31.5 Å². The van der Waals surface area contributed by atoms with E-state index in [1.807, 2.05) is 11.3 Å². The van der Waals surface area contributed by atoms with Gasteiger partial charge >= 0.3 is 0 Å². The normalized spacial score (nSPS) is 11.1. The van der Waals surface area contributed by atoms with Crippen LogP contribution in [0.3, 0.4) is 0 Å². The van der Waals surface area contributed by atoms with Gasteiger partial charge in [-0.2, -0.15) is 0 Å². The van der Waals surface area contributed by atoms with E-state index in [1.54, 1.807) is 0 Å². The zero-order chi connectivity index (χ0) is 13.0. The molecule has 0 aliphatic heterocycles. The molecule has 0 aliphatic rings. The molecule has 0 saturated heterocycles. The van der Waals surface area contributed by atoms with Gasteiger partial charge in [-0.1, -0.05) is 51.1 Å². The molecular formula is C15H20N2S. The summed E-state index contributed by atoms with van der Waals surface area (Å²) < 4.78 is 0. The molecule has 0 amide bonds. The molecule has 0 atom stereocenters. The zero-order valence-corrected chi connectivity index (χ0v) is 12.1. The van der Waals surface area contributed by atoms with Crippen molar-refractivity contribution in [2.75, 3.05) is 0 Å². The van der Waals surface area contributed by atoms with Gasteiger partial charge in [0.2, 0.25) is 0 Å². The van der Waals surface area contributed by atoms with Crippen molar-refractivity contribution in [1.29, 1.82) is 0 Å². The quantitative estimate of drug-likeness (QED) is 0.882. The molecule has 2 nitrogen and oxygen atoms in total. The van der Waals surface area contributed by atoms with Crippen LogP contribution >= 0.6 is 11.3 Å². The molecule has 0 radical (unpaired) electrons. The molecular weight excluding hydrogens is 240 g/mol. The second-order valence-electron chi connectivity index (χ2n) is 4.64. The predicted octanol–water partition coefficient (Wildman–Crippen LogP) is 3.87. The lowest BCUT2D eigenvalue weighted by molar-refractivity contribution is 0.583. The summed E-state index contributed by atoms with van der Waals surface area (Å²) >= 11 is 1.81. The van der Waals surface area contributed by atoms with Crippen molar-refractivity contribution in [3.8, 4) is 10.4 Å². The number of nitrogens with one attached hydrogen (secondary N) is 1. The maximum Gasteiger partial charge on any atom is 0.0932 e. The Kier molecular flexibility index (Phi) is 4.50. The van der Waals surface area contributed by atoms with Gasteiger partial charge in [0.1, 0.15) is 0 Å². The molecule has 0 bridgehead atoms. The van der Waals surface area contributed by atoms with E-state index in [-0.39, 0.29) is 0 Å². The highest BCUT2D eigenvalue weighted by Gasteiger charge is 2.12. The van der Waals surface area contributed by atoms with Crippen LogP contribution in [0.25, 0.3) is 10.4 Å². The van der Waals surface area contributed by atoms with Crippen molar-refractivity contribution in [2.24, 2.45) is 0 Å². The standard InChI is InChI=1S/C15H20N2S/c1-4-14-17-13(10-16-11(2)3)15(18-14)12-8-6-5-7-9-12/h5-9,11,16H,4,10H2,1-3H3. The van der Waals surface area contributed by atoms with Gasteiger partial charge in [0.05, 0.1) is 15.6 Å². The molecule has 1 N–H and O–H groups in total. The molecule has 1 heterocycles. The Morgan fingerprint density at radius 2 is 1.94 bits per heavy atom. The van der Waals surface area contributed by atoms with E-state index in [0.29, 0.717) is 6.04 Å². The number of thiazole rings is 1. The van der Waals surface area contributed by atoms with Crippen LogP contribution in [0.2, 0.25) is 0 Å². The molecule has 0 unspecified atom stereocenters. The summed E-state index contributed by atoms with van der Waals surface area (Å²) in [6, 6.07) is 11.0. The third kappa shape index (κ3) is 3.18. The minimum absolute atomic E-state index is 0.486. The van der Waals surface area contributed by atoms with Gasteiger partial charge in [-0.05, 0) is 12.0 Å². The second-order valence-corrected chi connectivity index (χ2v) is 5.72. The first-order valence-electron chi connectivity index (χ1n) is 6.48. The van der Waals surface area contributed by atoms with Gasteiger partial charge in [-0.25, -0.2) is 4.98 Å². The highest BCUT2D eigenvalue weighted by Crippen LogP contribution is 2.30. The Morgan fingerprint density at radius 1 is 1.22 bits per heavy atom. The summed E-state index contributed by atoms with van der Waals surface area (Å²) in [7, 11) is 0. The monoisotopic (exact) mass is 260 g/mol. The molecule has 0 fully saturated rings. The van der Waals surface area contributed by atoms with Crippen molar-refractivity contribution >= 4 is 11.3 Å². The largest absolute Gasteiger partial charge is 0.309 e. The molecule has 3 heteroatoms. The van der Waals surface area contributed by atoms with Crippen molar-refractivity contribution in [3.05, 3.63) is 41.0 Å². The van der Waals surface area contributed by atoms with E-state index >= 15 is 0 Å². The summed E-state index contributed by atoms with van der Waals surface area (Å²) in [4.78, 5) is 6.04. The van der Waals surface area contributed by atoms with E-state index in [2.05, 4.69) is 56.4 Å². The minimum Gasteiger partial charge on any atom is -0.309 e. The smallest absolute Gasteiger partial charge is 0.0932 e. The number of nitrogens with zero attached hydrogens (tertiary/aromatic N) is 1. The lowest BCUT2D eigenvalue weighted by Crippen LogP contribution is -2.22. The fraction of sp³-hybridized carbons (Fsp3) is 0.400. The molecule has 18 heavy (non-hydrogen) atoms. The Morgan fingerprint density at radius 3 is 2.56 bits per heavy atom. The summed E-state index contributed by atoms with van der Waals surface area (Å²) in [6.45, 7) is 7.33. The van der Waals surface area contributed by atoms with Gasteiger partial charge in [-0.15, -0.1) is 11.3 Å². The first kappa shape index (κ1) is 13.2. The van der Waals surface area contributed by atoms with Gasteiger partial charge in [0.25, 0.3) is 0 Å². The Bertz CT molecular complexity index is 488. The van der Waals surface area contributed by atoms with Crippen molar-refractivity contribution in [1.82, 2.24) is 10.3 Å². The van der Waals surface area contributed by atoms with Gasteiger partial charge in [0.15, 0.2) is 0 Å².